The van der Waals surface area contributed by atoms with Gasteiger partial charge in [-0.05, 0) is 25.5 Å². The summed E-state index contributed by atoms with van der Waals surface area (Å²) >= 11 is 0. The molecule has 0 saturated carbocycles. The number of likely N-dealkylation sites (N-methyl/N-ethyl adjacent to an activating group) is 1. The van der Waals surface area contributed by atoms with Gasteiger partial charge >= 0.3 is 0 Å². The number of nitrogens with zero attached hydrogens (tertiary/aromatic N) is 2. The molecule has 1 aromatic carbocycles. The molecule has 0 aliphatic heterocycles. The first-order valence-electron chi connectivity index (χ1n) is 5.93. The fraction of sp³-hybridized carbons (Fsp3) is 0.385. The normalized spacial score (nSPS) is 12.6. The maximum atomic E-state index is 4.22. The summed E-state index contributed by atoms with van der Waals surface area (Å²) in [6.07, 6.45) is 2.47. The third-order valence-electron chi connectivity index (χ3n) is 2.77. The number of aromatic amines is 1. The van der Waals surface area contributed by atoms with Crippen molar-refractivity contribution in [1.82, 2.24) is 20.5 Å². The van der Waals surface area contributed by atoms with Crippen LogP contribution in [0.5, 0.6) is 0 Å². The van der Waals surface area contributed by atoms with E-state index in [-0.39, 0.29) is 6.04 Å². The molecule has 0 radical (unpaired) electrons. The van der Waals surface area contributed by atoms with Crippen LogP contribution in [0, 0.1) is 6.92 Å². The molecule has 0 bridgehead atoms. The molecule has 2 N–H and O–H groups in total. The molecule has 2 rings (SSSR count). The van der Waals surface area contributed by atoms with Crippen molar-refractivity contribution in [2.75, 3.05) is 6.54 Å². The highest BCUT2D eigenvalue weighted by molar-refractivity contribution is 5.22. The summed E-state index contributed by atoms with van der Waals surface area (Å²) in [6.45, 7) is 5.11. The Labute approximate surface area is 101 Å². The molecule has 2 aromatic rings. The third kappa shape index (κ3) is 3.14. The third-order valence-corrected chi connectivity index (χ3v) is 2.77. The standard InChI is InChI=1S/C13H18N4/c1-3-14-12(13-15-9-16-17-13)8-11-6-4-10(2)5-7-11/h4-7,9,12,14H,3,8H2,1-2H3,(H,15,16,17). The molecule has 1 unspecified atom stereocenters. The van der Waals surface area contributed by atoms with E-state index in [1.807, 2.05) is 0 Å². The second-order valence-corrected chi connectivity index (χ2v) is 4.17. The van der Waals surface area contributed by atoms with Gasteiger partial charge in [-0.1, -0.05) is 36.8 Å². The van der Waals surface area contributed by atoms with Crippen LogP contribution >= 0.6 is 0 Å². The van der Waals surface area contributed by atoms with Crippen molar-refractivity contribution in [3.63, 3.8) is 0 Å². The van der Waals surface area contributed by atoms with Crippen molar-refractivity contribution in [1.29, 1.82) is 0 Å². The second-order valence-electron chi connectivity index (χ2n) is 4.17. The van der Waals surface area contributed by atoms with Gasteiger partial charge in [-0.25, -0.2) is 4.98 Å². The minimum Gasteiger partial charge on any atom is -0.307 e. The molecule has 4 heteroatoms. The topological polar surface area (TPSA) is 53.6 Å². The van der Waals surface area contributed by atoms with Crippen LogP contribution in [0.4, 0.5) is 0 Å². The van der Waals surface area contributed by atoms with E-state index < -0.39 is 0 Å². The second kappa shape index (κ2) is 5.59. The first-order valence-corrected chi connectivity index (χ1v) is 5.93. The predicted octanol–water partition coefficient (Wildman–Crippen LogP) is 2.01. The van der Waals surface area contributed by atoms with Gasteiger partial charge in [-0.2, -0.15) is 5.10 Å². The summed E-state index contributed by atoms with van der Waals surface area (Å²) in [5.41, 5.74) is 2.59. The van der Waals surface area contributed by atoms with E-state index in [1.54, 1.807) is 6.33 Å². The van der Waals surface area contributed by atoms with Gasteiger partial charge in [0.2, 0.25) is 0 Å². The summed E-state index contributed by atoms with van der Waals surface area (Å²) in [5, 5.41) is 10.2. The van der Waals surface area contributed by atoms with Crippen LogP contribution in [0.2, 0.25) is 0 Å². The fourth-order valence-electron chi connectivity index (χ4n) is 1.85. The van der Waals surface area contributed by atoms with Gasteiger partial charge in [0.05, 0.1) is 6.04 Å². The molecule has 0 spiro atoms. The Kier molecular flexibility index (Phi) is 3.88. The van der Waals surface area contributed by atoms with Crippen LogP contribution in [0.15, 0.2) is 30.6 Å². The van der Waals surface area contributed by atoms with Crippen LogP contribution < -0.4 is 5.32 Å². The Balaban J connectivity index is 2.10. The quantitative estimate of drug-likeness (QED) is 0.826. The molecule has 1 aromatic heterocycles. The van der Waals surface area contributed by atoms with Gasteiger partial charge in [0.1, 0.15) is 12.2 Å². The van der Waals surface area contributed by atoms with Crippen molar-refractivity contribution in [2.24, 2.45) is 0 Å². The lowest BCUT2D eigenvalue weighted by Gasteiger charge is -2.15. The zero-order valence-electron chi connectivity index (χ0n) is 10.3. The number of aryl methyl sites for hydroxylation is 1. The molecular formula is C13H18N4. The lowest BCUT2D eigenvalue weighted by molar-refractivity contribution is 0.523. The SMILES string of the molecule is CCNC(Cc1ccc(C)cc1)c1ncn[nH]1. The highest BCUT2D eigenvalue weighted by Crippen LogP contribution is 2.14. The number of hydrogen-bond donors (Lipinski definition) is 2. The highest BCUT2D eigenvalue weighted by atomic mass is 15.2. The van der Waals surface area contributed by atoms with E-state index in [0.29, 0.717) is 0 Å². The molecular weight excluding hydrogens is 212 g/mol. The van der Waals surface area contributed by atoms with E-state index >= 15 is 0 Å². The zero-order chi connectivity index (χ0) is 12.1. The van der Waals surface area contributed by atoms with E-state index in [4.69, 9.17) is 0 Å². The van der Waals surface area contributed by atoms with Gasteiger partial charge in [0.25, 0.3) is 0 Å². The first kappa shape index (κ1) is 11.8. The summed E-state index contributed by atoms with van der Waals surface area (Å²) in [6, 6.07) is 8.80. The molecule has 4 nitrogen and oxygen atoms in total. The van der Waals surface area contributed by atoms with Crippen LogP contribution in [0.1, 0.15) is 29.9 Å². The number of aromatic nitrogens is 3. The summed E-state index contributed by atoms with van der Waals surface area (Å²) in [4.78, 5) is 4.22. The Bertz CT molecular complexity index is 433. The monoisotopic (exact) mass is 230 g/mol. The number of H-pyrrole nitrogens is 1. The summed E-state index contributed by atoms with van der Waals surface area (Å²) in [5.74, 6) is 0.896. The predicted molar refractivity (Wildman–Crippen MR) is 67.7 cm³/mol. The maximum absolute atomic E-state index is 4.22. The van der Waals surface area contributed by atoms with E-state index in [0.717, 1.165) is 18.8 Å². The molecule has 90 valence electrons. The molecule has 0 saturated heterocycles. The lowest BCUT2D eigenvalue weighted by Crippen LogP contribution is -2.24. The van der Waals surface area contributed by atoms with Crippen LogP contribution in [0.3, 0.4) is 0 Å². The van der Waals surface area contributed by atoms with Crippen LogP contribution in [-0.4, -0.2) is 21.7 Å². The number of rotatable bonds is 5. The Hall–Kier alpha value is -1.68. The number of nitrogens with one attached hydrogen (secondary N) is 2. The zero-order valence-corrected chi connectivity index (χ0v) is 10.3. The number of hydrogen-bond acceptors (Lipinski definition) is 3. The largest absolute Gasteiger partial charge is 0.307 e. The van der Waals surface area contributed by atoms with Gasteiger partial charge in [-0.15, -0.1) is 0 Å². The average molecular weight is 230 g/mol. The highest BCUT2D eigenvalue weighted by Gasteiger charge is 2.13. The van der Waals surface area contributed by atoms with Crippen molar-refractivity contribution < 1.29 is 0 Å². The van der Waals surface area contributed by atoms with Crippen molar-refractivity contribution in [3.8, 4) is 0 Å². The number of benzene rings is 1. The van der Waals surface area contributed by atoms with Gasteiger partial charge in [0.15, 0.2) is 0 Å². The average Bonchev–Trinajstić information content (AvgIpc) is 2.85. The molecule has 0 amide bonds. The Morgan fingerprint density at radius 2 is 2.06 bits per heavy atom. The van der Waals surface area contributed by atoms with Crippen LogP contribution in [-0.2, 0) is 6.42 Å². The molecule has 0 aliphatic carbocycles. The van der Waals surface area contributed by atoms with Gasteiger partial charge < -0.3 is 5.32 Å². The van der Waals surface area contributed by atoms with E-state index in [9.17, 15) is 0 Å². The Morgan fingerprint density at radius 1 is 1.29 bits per heavy atom. The molecule has 1 atom stereocenters. The van der Waals surface area contributed by atoms with E-state index in [1.165, 1.54) is 11.1 Å². The van der Waals surface area contributed by atoms with Crippen molar-refractivity contribution in [3.05, 3.63) is 47.5 Å². The molecule has 0 aliphatic rings. The van der Waals surface area contributed by atoms with Gasteiger partial charge in [-0.3, -0.25) is 5.10 Å². The van der Waals surface area contributed by atoms with Gasteiger partial charge in [0, 0.05) is 0 Å². The van der Waals surface area contributed by atoms with E-state index in [2.05, 4.69) is 58.6 Å². The molecule has 0 fully saturated rings. The minimum absolute atomic E-state index is 0.199. The summed E-state index contributed by atoms with van der Waals surface area (Å²) in [7, 11) is 0. The Morgan fingerprint density at radius 3 is 2.65 bits per heavy atom. The maximum Gasteiger partial charge on any atom is 0.141 e. The summed E-state index contributed by atoms with van der Waals surface area (Å²) < 4.78 is 0. The smallest absolute Gasteiger partial charge is 0.141 e. The molecule has 17 heavy (non-hydrogen) atoms. The fourth-order valence-corrected chi connectivity index (χ4v) is 1.85. The van der Waals surface area contributed by atoms with Crippen LogP contribution in [0.25, 0.3) is 0 Å². The van der Waals surface area contributed by atoms with Crippen molar-refractivity contribution in [2.45, 2.75) is 26.3 Å². The van der Waals surface area contributed by atoms with Crippen molar-refractivity contribution >= 4 is 0 Å². The first-order chi connectivity index (χ1) is 8.29. The minimum atomic E-state index is 0.199. The lowest BCUT2D eigenvalue weighted by atomic mass is 10.0. The molecule has 1 heterocycles.